The van der Waals surface area contributed by atoms with Crippen LogP contribution < -0.4 is 10.1 Å². The number of benzene rings is 2. The summed E-state index contributed by atoms with van der Waals surface area (Å²) in [6, 6.07) is 6.92. The van der Waals surface area contributed by atoms with Crippen LogP contribution in [0.1, 0.15) is 36.1 Å². The maximum Gasteiger partial charge on any atom is 0.416 e. The van der Waals surface area contributed by atoms with Crippen LogP contribution in [0.15, 0.2) is 30.3 Å². The first kappa shape index (κ1) is 21.4. The van der Waals surface area contributed by atoms with Gasteiger partial charge >= 0.3 is 6.18 Å². The van der Waals surface area contributed by atoms with Gasteiger partial charge in [-0.2, -0.15) is 13.2 Å². The van der Waals surface area contributed by atoms with Crippen LogP contribution in [-0.2, 0) is 23.9 Å². The molecule has 0 aromatic heterocycles. The summed E-state index contributed by atoms with van der Waals surface area (Å²) in [4.78, 5) is 10.8. The number of rotatable bonds is 7. The standard InChI is InChI=1S/C22H22F3NO2/c1-4-6-11-28-21-15(3)20(12-17(13-26-14-27)19(21)5-2)16-7-9-18(10-8-16)22(23,24)25/h7-10,12,14H,5,11,13H2,1-3H3,(H,26,27). The third-order valence-electron chi connectivity index (χ3n) is 4.44. The second kappa shape index (κ2) is 9.32. The van der Waals surface area contributed by atoms with Gasteiger partial charge in [-0.15, -0.1) is 5.92 Å². The van der Waals surface area contributed by atoms with Crippen LogP contribution in [0, 0.1) is 18.8 Å². The first-order valence-electron chi connectivity index (χ1n) is 8.85. The molecule has 0 aliphatic carbocycles. The van der Waals surface area contributed by atoms with Crippen molar-refractivity contribution in [3.05, 3.63) is 52.6 Å². The predicted molar refractivity (Wildman–Crippen MR) is 103 cm³/mol. The van der Waals surface area contributed by atoms with Crippen molar-refractivity contribution in [2.45, 2.75) is 39.9 Å². The Bertz CT molecular complexity index is 891. The SMILES string of the molecule is CC#CCOc1c(C)c(-c2ccc(C(F)(F)F)cc2)cc(CNC=O)c1CC. The molecular formula is C22H22F3NO2. The number of alkyl halides is 3. The summed E-state index contributed by atoms with van der Waals surface area (Å²) in [7, 11) is 0. The van der Waals surface area contributed by atoms with Crippen LogP contribution in [0.5, 0.6) is 5.75 Å². The predicted octanol–water partition coefficient (Wildman–Crippen LogP) is 4.89. The molecule has 6 heteroatoms. The van der Waals surface area contributed by atoms with Crippen molar-refractivity contribution in [1.82, 2.24) is 5.32 Å². The molecule has 0 aliphatic heterocycles. The Balaban J connectivity index is 2.59. The highest BCUT2D eigenvalue weighted by Gasteiger charge is 2.30. The highest BCUT2D eigenvalue weighted by atomic mass is 19.4. The lowest BCUT2D eigenvalue weighted by Crippen LogP contribution is -2.13. The average Bonchev–Trinajstić information content (AvgIpc) is 2.67. The number of hydrogen-bond acceptors (Lipinski definition) is 2. The zero-order chi connectivity index (χ0) is 20.7. The fraction of sp³-hybridized carbons (Fsp3) is 0.318. The molecule has 0 spiro atoms. The summed E-state index contributed by atoms with van der Waals surface area (Å²) in [5.41, 5.74) is 3.33. The molecule has 0 saturated heterocycles. The van der Waals surface area contributed by atoms with Crippen molar-refractivity contribution in [3.8, 4) is 28.7 Å². The molecule has 148 valence electrons. The number of carbonyl (C=O) groups is 1. The van der Waals surface area contributed by atoms with Crippen molar-refractivity contribution in [1.29, 1.82) is 0 Å². The first-order chi connectivity index (χ1) is 13.3. The van der Waals surface area contributed by atoms with Crippen molar-refractivity contribution in [2.75, 3.05) is 6.61 Å². The maximum atomic E-state index is 12.9. The first-order valence-corrected chi connectivity index (χ1v) is 8.85. The third kappa shape index (κ3) is 4.86. The topological polar surface area (TPSA) is 38.3 Å². The van der Waals surface area contributed by atoms with Gasteiger partial charge in [0.05, 0.1) is 5.56 Å². The Labute approximate surface area is 162 Å². The molecule has 0 fully saturated rings. The Morgan fingerprint density at radius 2 is 1.89 bits per heavy atom. The number of nitrogens with one attached hydrogen (secondary N) is 1. The molecule has 2 aromatic carbocycles. The summed E-state index contributed by atoms with van der Waals surface area (Å²) in [5, 5.41) is 2.65. The van der Waals surface area contributed by atoms with Gasteiger partial charge in [0, 0.05) is 6.54 Å². The number of amides is 1. The second-order valence-electron chi connectivity index (χ2n) is 6.16. The van der Waals surface area contributed by atoms with E-state index in [4.69, 9.17) is 4.74 Å². The molecule has 0 aliphatic rings. The number of ether oxygens (including phenoxy) is 1. The average molecular weight is 389 g/mol. The monoisotopic (exact) mass is 389 g/mol. The normalized spacial score (nSPS) is 10.8. The van der Waals surface area contributed by atoms with Gasteiger partial charge in [-0.05, 0) is 66.3 Å². The van der Waals surface area contributed by atoms with E-state index < -0.39 is 11.7 Å². The van der Waals surface area contributed by atoms with E-state index in [0.29, 0.717) is 30.7 Å². The zero-order valence-electron chi connectivity index (χ0n) is 16.0. The van der Waals surface area contributed by atoms with E-state index in [9.17, 15) is 18.0 Å². The minimum atomic E-state index is -4.38. The molecule has 0 bridgehead atoms. The molecule has 1 amide bonds. The number of carbonyl (C=O) groups excluding carboxylic acids is 1. The highest BCUT2D eigenvalue weighted by molar-refractivity contribution is 5.73. The van der Waals surface area contributed by atoms with E-state index in [2.05, 4.69) is 17.2 Å². The van der Waals surface area contributed by atoms with Gasteiger partial charge in [-0.1, -0.05) is 25.0 Å². The van der Waals surface area contributed by atoms with Crippen LogP contribution in [0.2, 0.25) is 0 Å². The smallest absolute Gasteiger partial charge is 0.416 e. The van der Waals surface area contributed by atoms with E-state index in [-0.39, 0.29) is 6.61 Å². The summed E-state index contributed by atoms with van der Waals surface area (Å²) < 4.78 is 44.5. The van der Waals surface area contributed by atoms with Crippen LogP contribution in [0.25, 0.3) is 11.1 Å². The second-order valence-corrected chi connectivity index (χ2v) is 6.16. The Kier molecular flexibility index (Phi) is 7.11. The molecule has 0 heterocycles. The van der Waals surface area contributed by atoms with Crippen LogP contribution >= 0.6 is 0 Å². The molecule has 0 saturated carbocycles. The molecule has 28 heavy (non-hydrogen) atoms. The summed E-state index contributed by atoms with van der Waals surface area (Å²) in [6.07, 6.45) is -3.09. The summed E-state index contributed by atoms with van der Waals surface area (Å²) >= 11 is 0. The molecular weight excluding hydrogens is 367 g/mol. The molecule has 1 N–H and O–H groups in total. The van der Waals surface area contributed by atoms with Crippen LogP contribution in [-0.4, -0.2) is 13.0 Å². The lowest BCUT2D eigenvalue weighted by molar-refractivity contribution is -0.137. The molecule has 2 aromatic rings. The van der Waals surface area contributed by atoms with Gasteiger partial charge < -0.3 is 10.1 Å². The fourth-order valence-electron chi connectivity index (χ4n) is 3.08. The largest absolute Gasteiger partial charge is 0.480 e. The Morgan fingerprint density at radius 1 is 1.21 bits per heavy atom. The van der Waals surface area contributed by atoms with Gasteiger partial charge in [0.2, 0.25) is 6.41 Å². The van der Waals surface area contributed by atoms with Gasteiger partial charge in [0.1, 0.15) is 12.4 Å². The van der Waals surface area contributed by atoms with Crippen molar-refractivity contribution < 1.29 is 22.7 Å². The van der Waals surface area contributed by atoms with Gasteiger partial charge in [0.15, 0.2) is 0 Å². The van der Waals surface area contributed by atoms with Crippen molar-refractivity contribution in [3.63, 3.8) is 0 Å². The molecule has 3 nitrogen and oxygen atoms in total. The summed E-state index contributed by atoms with van der Waals surface area (Å²) in [5.74, 6) is 6.28. The minimum absolute atomic E-state index is 0.210. The van der Waals surface area contributed by atoms with Gasteiger partial charge in [-0.3, -0.25) is 4.79 Å². The fourth-order valence-corrected chi connectivity index (χ4v) is 3.08. The molecule has 0 unspecified atom stereocenters. The Morgan fingerprint density at radius 3 is 2.43 bits per heavy atom. The molecule has 0 atom stereocenters. The maximum absolute atomic E-state index is 12.9. The zero-order valence-corrected chi connectivity index (χ0v) is 16.0. The van der Waals surface area contributed by atoms with Gasteiger partial charge in [-0.25, -0.2) is 0 Å². The highest BCUT2D eigenvalue weighted by Crippen LogP contribution is 2.37. The Hall–Kier alpha value is -2.94. The summed E-state index contributed by atoms with van der Waals surface area (Å²) in [6.45, 7) is 6.08. The van der Waals surface area contributed by atoms with E-state index in [1.165, 1.54) is 12.1 Å². The molecule has 0 radical (unpaired) electrons. The number of halogens is 3. The minimum Gasteiger partial charge on any atom is -0.480 e. The van der Waals surface area contributed by atoms with E-state index in [1.807, 2.05) is 19.9 Å². The lowest BCUT2D eigenvalue weighted by Gasteiger charge is -2.20. The lowest BCUT2D eigenvalue weighted by atomic mass is 9.91. The van der Waals surface area contributed by atoms with E-state index in [0.717, 1.165) is 34.4 Å². The van der Waals surface area contributed by atoms with Crippen LogP contribution in [0.4, 0.5) is 13.2 Å². The van der Waals surface area contributed by atoms with Crippen molar-refractivity contribution >= 4 is 6.41 Å². The van der Waals surface area contributed by atoms with E-state index >= 15 is 0 Å². The van der Waals surface area contributed by atoms with E-state index in [1.54, 1.807) is 6.92 Å². The molecule has 2 rings (SSSR count). The van der Waals surface area contributed by atoms with Crippen molar-refractivity contribution in [2.24, 2.45) is 0 Å². The third-order valence-corrected chi connectivity index (χ3v) is 4.44. The quantitative estimate of drug-likeness (QED) is 0.541. The van der Waals surface area contributed by atoms with Crippen LogP contribution in [0.3, 0.4) is 0 Å². The number of hydrogen-bond donors (Lipinski definition) is 1. The van der Waals surface area contributed by atoms with Gasteiger partial charge in [0.25, 0.3) is 0 Å².